The summed E-state index contributed by atoms with van der Waals surface area (Å²) in [5.41, 5.74) is 0.815. The van der Waals surface area contributed by atoms with Crippen LogP contribution in [0.25, 0.3) is 11.3 Å². The molecular formula is C20H12Cl3N3O3S. The number of anilines is 1. The van der Waals surface area contributed by atoms with Gasteiger partial charge in [0, 0.05) is 15.6 Å². The third-order valence-electron chi connectivity index (χ3n) is 3.89. The first-order chi connectivity index (χ1) is 14.5. The van der Waals surface area contributed by atoms with Crippen molar-refractivity contribution in [2.75, 3.05) is 5.32 Å². The minimum Gasteiger partial charge on any atom is -0.485 e. The van der Waals surface area contributed by atoms with Crippen LogP contribution in [0.4, 0.5) is 5.13 Å². The van der Waals surface area contributed by atoms with E-state index in [9.17, 15) is 4.79 Å². The molecule has 4 rings (SSSR count). The number of halogens is 3. The van der Waals surface area contributed by atoms with E-state index in [-0.39, 0.29) is 12.4 Å². The van der Waals surface area contributed by atoms with Crippen LogP contribution in [0, 0.1) is 0 Å². The highest BCUT2D eigenvalue weighted by Crippen LogP contribution is 2.29. The molecule has 2 aromatic carbocycles. The van der Waals surface area contributed by atoms with Gasteiger partial charge in [-0.3, -0.25) is 10.1 Å². The number of hydrogen-bond donors (Lipinski definition) is 1. The number of rotatable bonds is 6. The van der Waals surface area contributed by atoms with Crippen molar-refractivity contribution in [1.29, 1.82) is 0 Å². The van der Waals surface area contributed by atoms with Crippen molar-refractivity contribution in [1.82, 2.24) is 10.2 Å². The first-order valence-corrected chi connectivity index (χ1v) is 10.5. The largest absolute Gasteiger partial charge is 0.485 e. The highest BCUT2D eigenvalue weighted by molar-refractivity contribution is 7.15. The van der Waals surface area contributed by atoms with E-state index in [1.807, 2.05) is 12.1 Å². The second kappa shape index (κ2) is 9.06. The molecule has 0 aliphatic heterocycles. The minimum atomic E-state index is -0.431. The van der Waals surface area contributed by atoms with E-state index in [1.165, 1.54) is 11.3 Å². The summed E-state index contributed by atoms with van der Waals surface area (Å²) in [5, 5.41) is 13.0. The Morgan fingerprint density at radius 2 is 1.77 bits per heavy atom. The Labute approximate surface area is 190 Å². The van der Waals surface area contributed by atoms with Gasteiger partial charge in [0.1, 0.15) is 18.1 Å². The van der Waals surface area contributed by atoms with Gasteiger partial charge < -0.3 is 9.15 Å². The Morgan fingerprint density at radius 1 is 1.00 bits per heavy atom. The van der Waals surface area contributed by atoms with Gasteiger partial charge in [0.25, 0.3) is 5.91 Å². The van der Waals surface area contributed by atoms with E-state index in [0.717, 1.165) is 5.56 Å². The number of hydrogen-bond acceptors (Lipinski definition) is 6. The van der Waals surface area contributed by atoms with Crippen molar-refractivity contribution in [3.63, 3.8) is 0 Å². The van der Waals surface area contributed by atoms with Gasteiger partial charge in [-0.2, -0.15) is 0 Å². The highest BCUT2D eigenvalue weighted by Gasteiger charge is 2.15. The first-order valence-electron chi connectivity index (χ1n) is 8.55. The summed E-state index contributed by atoms with van der Waals surface area (Å²) in [5.74, 6) is 0.760. The molecule has 0 aliphatic carbocycles. The molecule has 6 nitrogen and oxygen atoms in total. The summed E-state index contributed by atoms with van der Waals surface area (Å²) in [6, 6.07) is 15.4. The first kappa shape index (κ1) is 20.7. The maximum atomic E-state index is 12.4. The molecule has 0 saturated heterocycles. The van der Waals surface area contributed by atoms with Gasteiger partial charge in [0.05, 0.1) is 5.02 Å². The van der Waals surface area contributed by atoms with Gasteiger partial charge >= 0.3 is 0 Å². The molecule has 0 atom stereocenters. The molecule has 4 aromatic rings. The third kappa shape index (κ3) is 4.94. The van der Waals surface area contributed by atoms with Crippen LogP contribution in [0.1, 0.15) is 15.6 Å². The molecule has 0 unspecified atom stereocenters. The molecule has 0 saturated carbocycles. The van der Waals surface area contributed by atoms with Crippen LogP contribution >= 0.6 is 46.1 Å². The van der Waals surface area contributed by atoms with Gasteiger partial charge in [0.2, 0.25) is 5.13 Å². The molecule has 0 fully saturated rings. The number of carbonyl (C=O) groups excluding carboxylic acids is 1. The van der Waals surface area contributed by atoms with Crippen LogP contribution in [-0.4, -0.2) is 16.1 Å². The van der Waals surface area contributed by atoms with Crippen molar-refractivity contribution in [2.24, 2.45) is 0 Å². The average Bonchev–Trinajstić information content (AvgIpc) is 3.38. The number of aromatic nitrogens is 2. The number of ether oxygens (including phenoxy) is 1. The van der Waals surface area contributed by atoms with E-state index in [4.69, 9.17) is 44.0 Å². The summed E-state index contributed by atoms with van der Waals surface area (Å²) in [6.07, 6.45) is 0. The SMILES string of the molecule is O=C(Nc1nnc(COc2ccc(Cl)cc2Cl)s1)c1ccc(-c2ccc(Cl)cc2)o1. The lowest BCUT2D eigenvalue weighted by Gasteiger charge is -2.05. The number of amides is 1. The van der Waals surface area contributed by atoms with Crippen molar-refractivity contribution in [3.8, 4) is 17.1 Å². The molecule has 152 valence electrons. The second-order valence-corrected chi connectivity index (χ2v) is 8.33. The van der Waals surface area contributed by atoms with Crippen LogP contribution in [-0.2, 0) is 6.61 Å². The predicted octanol–water partition coefficient (Wildman–Crippen LogP) is 6.59. The van der Waals surface area contributed by atoms with Gasteiger partial charge in [-0.25, -0.2) is 0 Å². The molecule has 2 aromatic heterocycles. The Bertz CT molecular complexity index is 1190. The summed E-state index contributed by atoms with van der Waals surface area (Å²) in [4.78, 5) is 12.4. The van der Waals surface area contributed by atoms with E-state index in [0.29, 0.717) is 36.7 Å². The molecule has 1 amide bonds. The zero-order valence-corrected chi connectivity index (χ0v) is 18.1. The number of benzene rings is 2. The van der Waals surface area contributed by atoms with Crippen molar-refractivity contribution in [3.05, 3.63) is 80.4 Å². The number of nitrogens with zero attached hydrogens (tertiary/aromatic N) is 2. The van der Waals surface area contributed by atoms with Gasteiger partial charge in [-0.15, -0.1) is 10.2 Å². The minimum absolute atomic E-state index is 0.149. The maximum Gasteiger partial charge on any atom is 0.293 e. The highest BCUT2D eigenvalue weighted by atomic mass is 35.5. The van der Waals surface area contributed by atoms with Crippen LogP contribution in [0.5, 0.6) is 5.75 Å². The topological polar surface area (TPSA) is 77.2 Å². The normalized spacial score (nSPS) is 10.8. The lowest BCUT2D eigenvalue weighted by Crippen LogP contribution is -2.10. The molecule has 0 spiro atoms. The van der Waals surface area contributed by atoms with E-state index in [1.54, 1.807) is 42.5 Å². The summed E-state index contributed by atoms with van der Waals surface area (Å²) in [6.45, 7) is 0.149. The smallest absolute Gasteiger partial charge is 0.293 e. The number of nitrogens with one attached hydrogen (secondary N) is 1. The van der Waals surface area contributed by atoms with Gasteiger partial charge in [-0.05, 0) is 54.6 Å². The zero-order valence-electron chi connectivity index (χ0n) is 15.1. The van der Waals surface area contributed by atoms with Gasteiger partial charge in [0.15, 0.2) is 10.8 Å². The standard InChI is InChI=1S/C20H12Cl3N3O3S/c21-12-3-1-11(2-4-12)15-7-8-17(29-15)19(27)24-20-26-25-18(30-20)10-28-16-6-5-13(22)9-14(16)23/h1-9H,10H2,(H,24,26,27). The van der Waals surface area contributed by atoms with Crippen molar-refractivity contribution in [2.45, 2.75) is 6.61 Å². The van der Waals surface area contributed by atoms with Crippen molar-refractivity contribution < 1.29 is 13.9 Å². The number of furan rings is 1. The fraction of sp³-hybridized carbons (Fsp3) is 0.0500. The summed E-state index contributed by atoms with van der Waals surface area (Å²) >= 11 is 19.0. The molecule has 10 heteroatoms. The van der Waals surface area contributed by atoms with Crippen LogP contribution in [0.15, 0.2) is 59.0 Å². The lowest BCUT2D eigenvalue weighted by atomic mass is 10.2. The molecular weight excluding hydrogens is 469 g/mol. The molecule has 0 bridgehead atoms. The third-order valence-corrected chi connectivity index (χ3v) is 5.49. The maximum absolute atomic E-state index is 12.4. The van der Waals surface area contributed by atoms with Crippen LogP contribution in [0.2, 0.25) is 15.1 Å². The van der Waals surface area contributed by atoms with Crippen LogP contribution < -0.4 is 10.1 Å². The monoisotopic (exact) mass is 479 g/mol. The average molecular weight is 481 g/mol. The quantitative estimate of drug-likeness (QED) is 0.337. The Kier molecular flexibility index (Phi) is 6.24. The van der Waals surface area contributed by atoms with E-state index in [2.05, 4.69) is 15.5 Å². The molecule has 0 radical (unpaired) electrons. The van der Waals surface area contributed by atoms with Crippen LogP contribution in [0.3, 0.4) is 0 Å². The Balaban J connectivity index is 1.37. The molecule has 30 heavy (non-hydrogen) atoms. The summed E-state index contributed by atoms with van der Waals surface area (Å²) < 4.78 is 11.2. The zero-order chi connectivity index (χ0) is 21.1. The lowest BCUT2D eigenvalue weighted by molar-refractivity contribution is 0.0997. The predicted molar refractivity (Wildman–Crippen MR) is 118 cm³/mol. The molecule has 1 N–H and O–H groups in total. The van der Waals surface area contributed by atoms with Gasteiger partial charge in [-0.1, -0.05) is 46.1 Å². The second-order valence-electron chi connectivity index (χ2n) is 5.99. The fourth-order valence-corrected chi connectivity index (χ4v) is 3.72. The van der Waals surface area contributed by atoms with E-state index >= 15 is 0 Å². The van der Waals surface area contributed by atoms with E-state index < -0.39 is 5.91 Å². The summed E-state index contributed by atoms with van der Waals surface area (Å²) in [7, 11) is 0. The fourth-order valence-electron chi connectivity index (χ4n) is 2.48. The Morgan fingerprint density at radius 3 is 2.53 bits per heavy atom. The van der Waals surface area contributed by atoms with Crippen molar-refractivity contribution >= 4 is 57.2 Å². The number of carbonyl (C=O) groups is 1. The Hall–Kier alpha value is -2.58. The molecule has 2 heterocycles. The molecule has 0 aliphatic rings.